The van der Waals surface area contributed by atoms with Crippen molar-refractivity contribution in [2.75, 3.05) is 19.8 Å². The van der Waals surface area contributed by atoms with E-state index in [1.807, 2.05) is 6.07 Å². The number of carbonyl (C=O) groups excluding carboxylic acids is 2. The normalized spacial score (nSPS) is 16.6. The smallest absolute Gasteiger partial charge is 0.549 e. The van der Waals surface area contributed by atoms with Crippen LogP contribution in [0.4, 0.5) is 0 Å². The van der Waals surface area contributed by atoms with Crippen molar-refractivity contribution in [1.82, 2.24) is 5.32 Å². The molecule has 1 unspecified atom stereocenters. The number of ether oxygens (including phenoxy) is 1. The van der Waals surface area contributed by atoms with E-state index in [-0.39, 0.29) is 37.2 Å². The summed E-state index contributed by atoms with van der Waals surface area (Å²) in [7, 11) is 0. The maximum Gasteiger partial charge on any atom is 1.00 e. The maximum atomic E-state index is 12.0. The Labute approximate surface area is 136 Å². The van der Waals surface area contributed by atoms with Crippen LogP contribution in [-0.2, 0) is 14.3 Å². The predicted molar refractivity (Wildman–Crippen MR) is 70.7 cm³/mol. The van der Waals surface area contributed by atoms with Crippen LogP contribution in [0.15, 0.2) is 30.3 Å². The zero-order chi connectivity index (χ0) is 14.4. The van der Waals surface area contributed by atoms with E-state index in [1.54, 1.807) is 24.3 Å². The van der Waals surface area contributed by atoms with Gasteiger partial charge < -0.3 is 20.0 Å². The average Bonchev–Trinajstić information content (AvgIpc) is 2.49. The molecule has 1 heterocycles. The largest absolute Gasteiger partial charge is 1.00 e. The summed E-state index contributed by atoms with van der Waals surface area (Å²) in [5.41, 5.74) is 0.639. The van der Waals surface area contributed by atoms with E-state index < -0.39 is 11.9 Å². The maximum absolute atomic E-state index is 12.0. The molecular weight excluding hydrogens is 265 g/mol. The predicted octanol–water partition coefficient (Wildman–Crippen LogP) is -2.93. The second-order valence-corrected chi connectivity index (χ2v) is 4.91. The molecule has 5 nitrogen and oxygen atoms in total. The average molecular weight is 283 g/mol. The van der Waals surface area contributed by atoms with E-state index in [4.69, 9.17) is 4.74 Å². The number of hydrogen-bond donors (Lipinski definition) is 1. The first-order valence-electron chi connectivity index (χ1n) is 6.79. The van der Waals surface area contributed by atoms with Gasteiger partial charge in [-0.3, -0.25) is 4.79 Å². The molecule has 2 rings (SSSR count). The van der Waals surface area contributed by atoms with Gasteiger partial charge in [0.2, 0.25) is 5.91 Å². The van der Waals surface area contributed by atoms with Crippen LogP contribution >= 0.6 is 0 Å². The monoisotopic (exact) mass is 283 g/mol. The Bertz CT molecular complexity index is 460. The van der Waals surface area contributed by atoms with Crippen LogP contribution in [0.25, 0.3) is 0 Å². The minimum Gasteiger partial charge on any atom is -0.549 e. The Kier molecular flexibility index (Phi) is 7.52. The number of rotatable bonds is 5. The van der Waals surface area contributed by atoms with E-state index in [1.165, 1.54) is 0 Å². The molecule has 108 valence electrons. The molecule has 1 aliphatic heterocycles. The van der Waals surface area contributed by atoms with Gasteiger partial charge >= 0.3 is 18.9 Å². The first-order valence-corrected chi connectivity index (χ1v) is 6.79. The fourth-order valence-electron chi connectivity index (χ4n) is 2.33. The van der Waals surface area contributed by atoms with Crippen LogP contribution in [-0.4, -0.2) is 31.6 Å². The van der Waals surface area contributed by atoms with Gasteiger partial charge in [0.25, 0.3) is 0 Å². The van der Waals surface area contributed by atoms with E-state index >= 15 is 0 Å². The number of hydrogen-bond acceptors (Lipinski definition) is 4. The van der Waals surface area contributed by atoms with Crippen molar-refractivity contribution in [3.63, 3.8) is 0 Å². The summed E-state index contributed by atoms with van der Waals surface area (Å²) < 4.78 is 5.20. The SMILES string of the molecule is O=C(NCC(C(=O)[O-])c1ccccc1)C1CCOCC1.[Li+]. The molecule has 0 saturated carbocycles. The Morgan fingerprint density at radius 1 is 1.24 bits per heavy atom. The summed E-state index contributed by atoms with van der Waals surface area (Å²) in [4.78, 5) is 23.2. The van der Waals surface area contributed by atoms with Crippen LogP contribution in [0.2, 0.25) is 0 Å². The van der Waals surface area contributed by atoms with Crippen molar-refractivity contribution < 1.29 is 38.3 Å². The second-order valence-electron chi connectivity index (χ2n) is 4.91. The fourth-order valence-corrected chi connectivity index (χ4v) is 2.33. The standard InChI is InChI=1S/C15H19NO4.Li/c17-14(12-6-8-20-9-7-12)16-10-13(15(18)19)11-4-2-1-3-5-11;/h1-5,12-13H,6-10H2,(H,16,17)(H,18,19);/q;+1/p-1. The van der Waals surface area contributed by atoms with E-state index in [9.17, 15) is 14.7 Å². The molecule has 6 heteroatoms. The first kappa shape index (κ1) is 17.8. The molecule has 1 fully saturated rings. The zero-order valence-corrected chi connectivity index (χ0v) is 12.2. The van der Waals surface area contributed by atoms with Crippen LogP contribution in [0.1, 0.15) is 24.3 Å². The number of carboxylic acid groups (broad SMARTS) is 1. The Morgan fingerprint density at radius 3 is 2.43 bits per heavy atom. The molecule has 1 atom stereocenters. The number of carboxylic acids is 1. The van der Waals surface area contributed by atoms with E-state index in [0.29, 0.717) is 31.6 Å². The summed E-state index contributed by atoms with van der Waals surface area (Å²) >= 11 is 0. The number of benzene rings is 1. The third-order valence-electron chi connectivity index (χ3n) is 3.56. The van der Waals surface area contributed by atoms with E-state index in [2.05, 4.69) is 5.32 Å². The Balaban J connectivity index is 0.00000220. The Hall–Kier alpha value is -1.28. The minimum absolute atomic E-state index is 0. The van der Waals surface area contributed by atoms with Crippen molar-refractivity contribution in [3.8, 4) is 0 Å². The molecule has 1 aliphatic rings. The quantitative estimate of drug-likeness (QED) is 0.587. The molecule has 0 spiro atoms. The molecule has 0 radical (unpaired) electrons. The van der Waals surface area contributed by atoms with E-state index in [0.717, 1.165) is 0 Å². The van der Waals surface area contributed by atoms with Gasteiger partial charge in [-0.1, -0.05) is 30.3 Å². The third-order valence-corrected chi connectivity index (χ3v) is 3.56. The van der Waals surface area contributed by atoms with Gasteiger partial charge in [0.15, 0.2) is 0 Å². The van der Waals surface area contributed by atoms with Gasteiger partial charge in [0.1, 0.15) is 0 Å². The first-order chi connectivity index (χ1) is 9.68. The van der Waals surface area contributed by atoms with Crippen LogP contribution in [0.3, 0.4) is 0 Å². The van der Waals surface area contributed by atoms with Crippen LogP contribution < -0.4 is 29.3 Å². The molecule has 0 bridgehead atoms. The van der Waals surface area contributed by atoms with Gasteiger partial charge in [-0.05, 0) is 18.4 Å². The van der Waals surface area contributed by atoms with Crippen LogP contribution in [0.5, 0.6) is 0 Å². The molecule has 1 amide bonds. The molecule has 1 saturated heterocycles. The molecular formula is C15H18LiNO4. The van der Waals surface area contributed by atoms with Crippen LogP contribution in [0, 0.1) is 5.92 Å². The summed E-state index contributed by atoms with van der Waals surface area (Å²) in [5, 5.41) is 13.9. The summed E-state index contributed by atoms with van der Waals surface area (Å²) in [6.45, 7) is 1.23. The van der Waals surface area contributed by atoms with Crippen molar-refractivity contribution in [3.05, 3.63) is 35.9 Å². The summed E-state index contributed by atoms with van der Waals surface area (Å²) in [6.07, 6.45) is 1.38. The molecule has 1 N–H and O–H groups in total. The molecule has 1 aromatic rings. The Morgan fingerprint density at radius 2 is 1.86 bits per heavy atom. The van der Waals surface area contributed by atoms with Gasteiger partial charge in [0, 0.05) is 31.6 Å². The van der Waals surface area contributed by atoms with Gasteiger partial charge in [0.05, 0.1) is 5.97 Å². The van der Waals surface area contributed by atoms with Gasteiger partial charge in [-0.2, -0.15) is 0 Å². The zero-order valence-electron chi connectivity index (χ0n) is 12.2. The van der Waals surface area contributed by atoms with Crippen molar-refractivity contribution >= 4 is 11.9 Å². The van der Waals surface area contributed by atoms with Crippen molar-refractivity contribution in [1.29, 1.82) is 0 Å². The van der Waals surface area contributed by atoms with Crippen molar-refractivity contribution in [2.24, 2.45) is 5.92 Å². The minimum atomic E-state index is -1.18. The number of aliphatic carboxylic acids is 1. The fraction of sp³-hybridized carbons (Fsp3) is 0.467. The van der Waals surface area contributed by atoms with Crippen molar-refractivity contribution in [2.45, 2.75) is 18.8 Å². The second kappa shape index (κ2) is 8.88. The number of nitrogens with one attached hydrogen (secondary N) is 1. The summed E-state index contributed by atoms with van der Waals surface area (Å²) in [6, 6.07) is 8.80. The topological polar surface area (TPSA) is 78.5 Å². The van der Waals surface area contributed by atoms with Gasteiger partial charge in [-0.15, -0.1) is 0 Å². The molecule has 0 aliphatic carbocycles. The van der Waals surface area contributed by atoms with Gasteiger partial charge in [-0.25, -0.2) is 0 Å². The third kappa shape index (κ3) is 5.20. The molecule has 1 aromatic carbocycles. The molecule has 21 heavy (non-hydrogen) atoms. The number of carbonyl (C=O) groups is 2. The summed E-state index contributed by atoms with van der Waals surface area (Å²) in [5.74, 6) is -2.18. The molecule has 0 aromatic heterocycles. The number of amides is 1.